The van der Waals surface area contributed by atoms with Crippen molar-refractivity contribution in [2.45, 2.75) is 23.9 Å². The zero-order valence-corrected chi connectivity index (χ0v) is 14.4. The molecule has 1 fully saturated rings. The van der Waals surface area contributed by atoms with Crippen LogP contribution in [0.1, 0.15) is 12.0 Å². The summed E-state index contributed by atoms with van der Waals surface area (Å²) in [6.45, 7) is 0.311. The maximum atomic E-state index is 12.3. The monoisotopic (exact) mass is 359 g/mol. The lowest BCUT2D eigenvalue weighted by atomic mass is 10.2. The van der Waals surface area contributed by atoms with E-state index in [4.69, 9.17) is 17.4 Å². The maximum absolute atomic E-state index is 12.3. The van der Waals surface area contributed by atoms with Crippen LogP contribution in [-0.2, 0) is 21.4 Å². The molecular formula is C13H17N3O3S3. The van der Waals surface area contributed by atoms with E-state index >= 15 is 0 Å². The van der Waals surface area contributed by atoms with E-state index in [0.29, 0.717) is 11.7 Å². The first-order valence-electron chi connectivity index (χ1n) is 6.55. The van der Waals surface area contributed by atoms with Crippen molar-refractivity contribution < 1.29 is 13.2 Å². The number of rotatable bonds is 6. The number of nitrogens with two attached hydrogens (primary N) is 1. The highest BCUT2D eigenvalue weighted by molar-refractivity contribution is 7.98. The molecule has 1 aliphatic heterocycles. The first-order valence-corrected chi connectivity index (χ1v) is 9.90. The first-order chi connectivity index (χ1) is 10.3. The van der Waals surface area contributed by atoms with Crippen molar-refractivity contribution in [1.29, 1.82) is 0 Å². The van der Waals surface area contributed by atoms with Crippen LogP contribution in [0.2, 0.25) is 0 Å². The molecule has 1 atom stereocenters. The van der Waals surface area contributed by atoms with Gasteiger partial charge in [0.2, 0.25) is 10.0 Å². The van der Waals surface area contributed by atoms with Crippen molar-refractivity contribution in [3.63, 3.8) is 0 Å². The van der Waals surface area contributed by atoms with Gasteiger partial charge in [-0.25, -0.2) is 13.6 Å². The number of benzene rings is 1. The Morgan fingerprint density at radius 3 is 2.55 bits per heavy atom. The molecule has 0 bridgehead atoms. The largest absolute Gasteiger partial charge is 0.350 e. The Balaban J connectivity index is 2.07. The predicted octanol–water partition coefficient (Wildman–Crippen LogP) is 0.672. The fraction of sp³-hybridized carbons (Fsp3) is 0.385. The van der Waals surface area contributed by atoms with Gasteiger partial charge in [0.15, 0.2) is 5.11 Å². The van der Waals surface area contributed by atoms with E-state index < -0.39 is 10.0 Å². The van der Waals surface area contributed by atoms with E-state index in [1.165, 1.54) is 17.0 Å². The summed E-state index contributed by atoms with van der Waals surface area (Å²) in [6.07, 6.45) is 2.71. The van der Waals surface area contributed by atoms with Gasteiger partial charge in [0, 0.05) is 0 Å². The van der Waals surface area contributed by atoms with Gasteiger partial charge in [0.05, 0.1) is 11.4 Å². The Morgan fingerprint density at radius 1 is 1.36 bits per heavy atom. The highest BCUT2D eigenvalue weighted by Crippen LogP contribution is 2.16. The van der Waals surface area contributed by atoms with Crippen molar-refractivity contribution in [2.24, 2.45) is 5.14 Å². The summed E-state index contributed by atoms with van der Waals surface area (Å²) in [7, 11) is -3.71. The molecular weight excluding hydrogens is 342 g/mol. The quantitative estimate of drug-likeness (QED) is 0.726. The molecule has 1 unspecified atom stereocenters. The minimum atomic E-state index is -3.71. The number of sulfonamides is 1. The lowest BCUT2D eigenvalue weighted by molar-refractivity contribution is -0.127. The van der Waals surface area contributed by atoms with Gasteiger partial charge in [0.1, 0.15) is 6.04 Å². The minimum absolute atomic E-state index is 0.0440. The lowest BCUT2D eigenvalue weighted by Gasteiger charge is -2.15. The number of nitrogens with zero attached hydrogens (tertiary/aromatic N) is 1. The molecule has 120 valence electrons. The van der Waals surface area contributed by atoms with E-state index in [2.05, 4.69) is 5.32 Å². The van der Waals surface area contributed by atoms with Crippen LogP contribution >= 0.6 is 24.0 Å². The van der Waals surface area contributed by atoms with Crippen LogP contribution in [0.4, 0.5) is 0 Å². The van der Waals surface area contributed by atoms with Crippen LogP contribution in [-0.4, -0.2) is 42.4 Å². The van der Waals surface area contributed by atoms with Gasteiger partial charge in [0.25, 0.3) is 5.91 Å². The van der Waals surface area contributed by atoms with Crippen LogP contribution in [0.3, 0.4) is 0 Å². The number of thiocarbonyl (C=S) groups is 1. The second-order valence-electron chi connectivity index (χ2n) is 4.90. The summed E-state index contributed by atoms with van der Waals surface area (Å²) in [6, 6.07) is 5.83. The number of carbonyl (C=O) groups is 1. The van der Waals surface area contributed by atoms with Crippen molar-refractivity contribution in [2.75, 3.05) is 12.0 Å². The van der Waals surface area contributed by atoms with Gasteiger partial charge in [-0.3, -0.25) is 9.69 Å². The zero-order chi connectivity index (χ0) is 16.3. The molecule has 22 heavy (non-hydrogen) atoms. The van der Waals surface area contributed by atoms with Crippen LogP contribution in [0.15, 0.2) is 29.2 Å². The standard InChI is InChI=1S/C13H17N3O3S3/c1-21-7-6-11-12(17)16(13(20)15-11)8-9-2-4-10(5-3-9)22(14,18)19/h2-5,11H,6-8H2,1H3,(H,15,20)(H2,14,18,19). The van der Waals surface area contributed by atoms with Crippen LogP contribution in [0, 0.1) is 0 Å². The summed E-state index contributed by atoms with van der Waals surface area (Å²) < 4.78 is 22.4. The highest BCUT2D eigenvalue weighted by atomic mass is 32.2. The SMILES string of the molecule is CSCCC1NC(=S)N(Cc2ccc(S(N)(=O)=O)cc2)C1=O. The summed E-state index contributed by atoms with van der Waals surface area (Å²) in [5.41, 5.74) is 0.787. The molecule has 9 heteroatoms. The molecule has 1 aliphatic rings. The van der Waals surface area contributed by atoms with E-state index in [1.807, 2.05) is 6.26 Å². The molecule has 0 spiro atoms. The molecule has 6 nitrogen and oxygen atoms in total. The summed E-state index contributed by atoms with van der Waals surface area (Å²) in [5, 5.41) is 8.49. The predicted molar refractivity (Wildman–Crippen MR) is 90.9 cm³/mol. The lowest BCUT2D eigenvalue weighted by Crippen LogP contribution is -2.31. The first kappa shape index (κ1) is 17.2. The van der Waals surface area contributed by atoms with Crippen molar-refractivity contribution >= 4 is 45.0 Å². The topological polar surface area (TPSA) is 92.5 Å². The molecule has 3 N–H and O–H groups in total. The van der Waals surface area contributed by atoms with Crippen LogP contribution in [0.25, 0.3) is 0 Å². The Hall–Kier alpha value is -1.16. The molecule has 1 aromatic rings. The highest BCUT2D eigenvalue weighted by Gasteiger charge is 2.34. The van der Waals surface area contributed by atoms with Crippen molar-refractivity contribution in [3.8, 4) is 0 Å². The Kier molecular flexibility index (Phi) is 5.43. The number of hydrogen-bond acceptors (Lipinski definition) is 5. The van der Waals surface area contributed by atoms with Gasteiger partial charge in [-0.15, -0.1) is 0 Å². The zero-order valence-electron chi connectivity index (χ0n) is 12.0. The van der Waals surface area contributed by atoms with Crippen LogP contribution in [0.5, 0.6) is 0 Å². The molecule has 1 saturated heterocycles. The number of amides is 1. The Labute approximate surface area is 139 Å². The number of nitrogens with one attached hydrogen (secondary N) is 1. The number of hydrogen-bond donors (Lipinski definition) is 2. The smallest absolute Gasteiger partial charge is 0.251 e. The third kappa shape index (κ3) is 3.97. The molecule has 2 rings (SSSR count). The minimum Gasteiger partial charge on any atom is -0.350 e. The second-order valence-corrected chi connectivity index (χ2v) is 7.83. The fourth-order valence-corrected chi connectivity index (χ4v) is 3.41. The average molecular weight is 359 g/mol. The molecule has 1 aromatic carbocycles. The fourth-order valence-electron chi connectivity index (χ4n) is 2.13. The molecule has 0 saturated carbocycles. The third-order valence-corrected chi connectivity index (χ3v) is 5.22. The molecule has 1 heterocycles. The number of thioether (sulfide) groups is 1. The van der Waals surface area contributed by atoms with E-state index in [1.54, 1.807) is 23.9 Å². The van der Waals surface area contributed by atoms with Gasteiger partial charge in [-0.1, -0.05) is 12.1 Å². The number of primary sulfonamides is 1. The maximum Gasteiger partial charge on any atom is 0.251 e. The van der Waals surface area contributed by atoms with Crippen LogP contribution < -0.4 is 10.5 Å². The molecule has 0 aliphatic carbocycles. The van der Waals surface area contributed by atoms with Crippen molar-refractivity contribution in [3.05, 3.63) is 29.8 Å². The summed E-state index contributed by atoms with van der Waals surface area (Å²) in [5.74, 6) is 0.831. The molecule has 1 amide bonds. The third-order valence-electron chi connectivity index (χ3n) is 3.31. The van der Waals surface area contributed by atoms with E-state index in [0.717, 1.165) is 17.7 Å². The summed E-state index contributed by atoms with van der Waals surface area (Å²) >= 11 is 6.88. The Bertz CT molecular complexity index is 674. The van der Waals surface area contributed by atoms with Crippen molar-refractivity contribution in [1.82, 2.24) is 10.2 Å². The molecule has 0 radical (unpaired) electrons. The summed E-state index contributed by atoms with van der Waals surface area (Å²) in [4.78, 5) is 13.9. The normalized spacial score (nSPS) is 18.6. The van der Waals surface area contributed by atoms with Gasteiger partial charge in [-0.2, -0.15) is 11.8 Å². The number of carbonyl (C=O) groups excluding carboxylic acids is 1. The molecule has 0 aromatic heterocycles. The van der Waals surface area contributed by atoms with E-state index in [9.17, 15) is 13.2 Å². The average Bonchev–Trinajstić information content (AvgIpc) is 2.72. The second kappa shape index (κ2) is 6.95. The van der Waals surface area contributed by atoms with Gasteiger partial charge >= 0.3 is 0 Å². The van der Waals surface area contributed by atoms with Gasteiger partial charge in [-0.05, 0) is 48.3 Å². The van der Waals surface area contributed by atoms with Gasteiger partial charge < -0.3 is 5.32 Å². The Morgan fingerprint density at radius 2 is 2.00 bits per heavy atom. The van der Waals surface area contributed by atoms with E-state index in [-0.39, 0.29) is 16.8 Å².